The van der Waals surface area contributed by atoms with Gasteiger partial charge in [-0.2, -0.15) is 4.98 Å². The maximum absolute atomic E-state index is 5.62. The number of rotatable bonds is 2. The average Bonchev–Trinajstić information content (AvgIpc) is 2.98. The molecule has 0 saturated heterocycles. The molecule has 1 aliphatic rings. The number of hydrogen-bond donors (Lipinski definition) is 0. The van der Waals surface area contributed by atoms with Gasteiger partial charge in [-0.05, 0) is 24.3 Å². The summed E-state index contributed by atoms with van der Waals surface area (Å²) in [4.78, 5) is 4.70. The first kappa shape index (κ1) is 14.3. The van der Waals surface area contributed by atoms with Crippen molar-refractivity contribution in [2.24, 2.45) is 0 Å². The Morgan fingerprint density at radius 2 is 1.67 bits per heavy atom. The second-order valence-corrected chi connectivity index (χ2v) is 7.11. The summed E-state index contributed by atoms with van der Waals surface area (Å²) in [6.07, 6.45) is 4.89. The van der Waals surface area contributed by atoms with Crippen LogP contribution in [0.15, 0.2) is 34.9 Å². The van der Waals surface area contributed by atoms with E-state index in [0.29, 0.717) is 11.8 Å². The van der Waals surface area contributed by atoms with Gasteiger partial charge < -0.3 is 4.52 Å². The summed E-state index contributed by atoms with van der Waals surface area (Å²) in [6.45, 7) is 6.37. The molecule has 2 atom stereocenters. The Labute approximate surface area is 126 Å². The third-order valence-electron chi connectivity index (χ3n) is 4.42. The molecule has 1 saturated carbocycles. The predicted molar refractivity (Wildman–Crippen MR) is 83.4 cm³/mol. The van der Waals surface area contributed by atoms with Crippen LogP contribution < -0.4 is 0 Å². The first-order chi connectivity index (χ1) is 10.1. The highest BCUT2D eigenvalue weighted by atomic mass is 16.5. The molecule has 1 aromatic carbocycles. The Bertz CT molecular complexity index is 583. The minimum absolute atomic E-state index is 0.0569. The number of benzene rings is 1. The van der Waals surface area contributed by atoms with Crippen molar-refractivity contribution >= 4 is 0 Å². The maximum atomic E-state index is 5.62. The fourth-order valence-electron chi connectivity index (χ4n) is 3.22. The molecule has 3 rings (SSSR count). The Balaban J connectivity index is 1.90. The molecule has 0 radical (unpaired) electrons. The van der Waals surface area contributed by atoms with Crippen molar-refractivity contribution in [3.8, 4) is 0 Å². The lowest BCUT2D eigenvalue weighted by Gasteiger charge is -2.29. The van der Waals surface area contributed by atoms with Gasteiger partial charge in [0.05, 0.1) is 0 Å². The van der Waals surface area contributed by atoms with Gasteiger partial charge in [-0.15, -0.1) is 0 Å². The van der Waals surface area contributed by atoms with Crippen molar-refractivity contribution in [3.05, 3.63) is 47.6 Å². The molecule has 0 aliphatic heterocycles. The number of nitrogens with zero attached hydrogens (tertiary/aromatic N) is 2. The van der Waals surface area contributed by atoms with Crippen LogP contribution in [0.2, 0.25) is 0 Å². The van der Waals surface area contributed by atoms with E-state index in [4.69, 9.17) is 9.51 Å². The van der Waals surface area contributed by atoms with Gasteiger partial charge in [0.1, 0.15) is 0 Å². The zero-order valence-electron chi connectivity index (χ0n) is 13.2. The molecule has 0 N–H and O–H groups in total. The SMILES string of the molecule is CC(C)(C)c1noc([C@@H]2CCCC[C@@H]2c2ccccc2)n1. The van der Waals surface area contributed by atoms with Gasteiger partial charge in [0, 0.05) is 11.3 Å². The molecule has 112 valence electrons. The van der Waals surface area contributed by atoms with Crippen LogP contribution in [0.1, 0.15) is 75.6 Å². The summed E-state index contributed by atoms with van der Waals surface area (Å²) in [7, 11) is 0. The first-order valence-electron chi connectivity index (χ1n) is 7.95. The van der Waals surface area contributed by atoms with Crippen LogP contribution >= 0.6 is 0 Å². The van der Waals surface area contributed by atoms with Crippen LogP contribution in [0.3, 0.4) is 0 Å². The van der Waals surface area contributed by atoms with Gasteiger partial charge in [0.15, 0.2) is 5.82 Å². The molecule has 0 spiro atoms. The number of aromatic nitrogens is 2. The molecule has 1 aromatic heterocycles. The van der Waals surface area contributed by atoms with Crippen LogP contribution in [0, 0.1) is 0 Å². The van der Waals surface area contributed by atoms with Crippen LogP contribution in [0.4, 0.5) is 0 Å². The highest BCUT2D eigenvalue weighted by Crippen LogP contribution is 2.43. The van der Waals surface area contributed by atoms with Gasteiger partial charge >= 0.3 is 0 Å². The quantitative estimate of drug-likeness (QED) is 0.794. The summed E-state index contributed by atoms with van der Waals surface area (Å²) in [6, 6.07) is 10.8. The van der Waals surface area contributed by atoms with E-state index in [1.165, 1.54) is 24.8 Å². The first-order valence-corrected chi connectivity index (χ1v) is 7.95. The third-order valence-corrected chi connectivity index (χ3v) is 4.42. The zero-order valence-corrected chi connectivity index (χ0v) is 13.2. The van der Waals surface area contributed by atoms with Crippen molar-refractivity contribution in [3.63, 3.8) is 0 Å². The fourth-order valence-corrected chi connectivity index (χ4v) is 3.22. The van der Waals surface area contributed by atoms with Crippen LogP contribution in [0.5, 0.6) is 0 Å². The standard InChI is InChI=1S/C18H24N2O/c1-18(2,3)17-19-16(21-20-17)15-12-8-7-11-14(15)13-9-5-4-6-10-13/h4-6,9-10,14-15H,7-8,11-12H2,1-3H3/t14-,15-/m1/s1. The van der Waals surface area contributed by atoms with Crippen LogP contribution in [-0.4, -0.2) is 10.1 Å². The summed E-state index contributed by atoms with van der Waals surface area (Å²) >= 11 is 0. The molecule has 0 bridgehead atoms. The van der Waals surface area contributed by atoms with E-state index in [2.05, 4.69) is 56.3 Å². The maximum Gasteiger partial charge on any atom is 0.230 e. The molecule has 0 amide bonds. The van der Waals surface area contributed by atoms with E-state index >= 15 is 0 Å². The molecule has 3 heteroatoms. The summed E-state index contributed by atoms with van der Waals surface area (Å²) in [5, 5.41) is 4.20. The molecule has 1 aliphatic carbocycles. The third kappa shape index (κ3) is 3.02. The van der Waals surface area contributed by atoms with Crippen LogP contribution in [0.25, 0.3) is 0 Å². The van der Waals surface area contributed by atoms with Crippen molar-refractivity contribution in [2.45, 2.75) is 63.7 Å². The van der Waals surface area contributed by atoms with Gasteiger partial charge in [-0.25, -0.2) is 0 Å². The lowest BCUT2D eigenvalue weighted by Crippen LogP contribution is -2.17. The van der Waals surface area contributed by atoms with E-state index in [0.717, 1.165) is 18.1 Å². The minimum Gasteiger partial charge on any atom is -0.339 e. The van der Waals surface area contributed by atoms with Gasteiger partial charge in [0.2, 0.25) is 5.89 Å². The van der Waals surface area contributed by atoms with E-state index in [-0.39, 0.29) is 5.41 Å². The molecular formula is C18H24N2O. The molecule has 0 unspecified atom stereocenters. The smallest absolute Gasteiger partial charge is 0.230 e. The Hall–Kier alpha value is -1.64. The monoisotopic (exact) mass is 284 g/mol. The molecule has 1 heterocycles. The highest BCUT2D eigenvalue weighted by molar-refractivity contribution is 5.24. The second-order valence-electron chi connectivity index (χ2n) is 7.11. The van der Waals surface area contributed by atoms with Crippen molar-refractivity contribution in [2.75, 3.05) is 0 Å². The Kier molecular flexibility index (Phi) is 3.83. The summed E-state index contributed by atoms with van der Waals surface area (Å²) in [5.74, 6) is 2.52. The van der Waals surface area contributed by atoms with Crippen molar-refractivity contribution < 1.29 is 4.52 Å². The normalized spacial score (nSPS) is 23.2. The summed E-state index contributed by atoms with van der Waals surface area (Å²) in [5.41, 5.74) is 1.34. The summed E-state index contributed by atoms with van der Waals surface area (Å²) < 4.78 is 5.62. The van der Waals surface area contributed by atoms with Gasteiger partial charge in [0.25, 0.3) is 0 Å². The topological polar surface area (TPSA) is 38.9 Å². The Morgan fingerprint density at radius 3 is 2.29 bits per heavy atom. The van der Waals surface area contributed by atoms with Gasteiger partial charge in [-0.3, -0.25) is 0 Å². The van der Waals surface area contributed by atoms with E-state index in [9.17, 15) is 0 Å². The van der Waals surface area contributed by atoms with Gasteiger partial charge in [-0.1, -0.05) is 69.1 Å². The minimum atomic E-state index is -0.0569. The lowest BCUT2D eigenvalue weighted by atomic mass is 9.75. The zero-order chi connectivity index (χ0) is 14.9. The number of hydrogen-bond acceptors (Lipinski definition) is 3. The fraction of sp³-hybridized carbons (Fsp3) is 0.556. The molecule has 21 heavy (non-hydrogen) atoms. The average molecular weight is 284 g/mol. The van der Waals surface area contributed by atoms with E-state index in [1.807, 2.05) is 0 Å². The molecule has 2 aromatic rings. The van der Waals surface area contributed by atoms with Crippen molar-refractivity contribution in [1.82, 2.24) is 10.1 Å². The van der Waals surface area contributed by atoms with Crippen LogP contribution in [-0.2, 0) is 5.41 Å². The predicted octanol–water partition coefficient (Wildman–Crippen LogP) is 4.81. The largest absolute Gasteiger partial charge is 0.339 e. The Morgan fingerprint density at radius 1 is 1.00 bits per heavy atom. The molecular weight excluding hydrogens is 260 g/mol. The van der Waals surface area contributed by atoms with E-state index in [1.54, 1.807) is 0 Å². The molecule has 1 fully saturated rings. The second kappa shape index (κ2) is 5.63. The highest BCUT2D eigenvalue weighted by Gasteiger charge is 2.33. The van der Waals surface area contributed by atoms with E-state index < -0.39 is 0 Å². The molecule has 3 nitrogen and oxygen atoms in total. The lowest BCUT2D eigenvalue weighted by molar-refractivity contribution is 0.287. The van der Waals surface area contributed by atoms with Crippen molar-refractivity contribution in [1.29, 1.82) is 0 Å².